The zero-order chi connectivity index (χ0) is 14.4. The van der Waals surface area contributed by atoms with Crippen LogP contribution in [-0.2, 0) is 22.4 Å². The topological polar surface area (TPSA) is 66.4 Å². The summed E-state index contributed by atoms with van der Waals surface area (Å²) >= 11 is 0. The summed E-state index contributed by atoms with van der Waals surface area (Å²) in [5.74, 6) is -2.51. The van der Waals surface area contributed by atoms with Gasteiger partial charge in [0.1, 0.15) is 0 Å². The van der Waals surface area contributed by atoms with E-state index in [4.69, 9.17) is 5.11 Å². The first-order chi connectivity index (χ1) is 9.65. The van der Waals surface area contributed by atoms with Gasteiger partial charge >= 0.3 is 11.9 Å². The van der Waals surface area contributed by atoms with Crippen LogP contribution in [0.5, 0.6) is 0 Å². The summed E-state index contributed by atoms with van der Waals surface area (Å²) in [6.45, 7) is 0. The van der Waals surface area contributed by atoms with Gasteiger partial charge in [0.2, 0.25) is 0 Å². The highest BCUT2D eigenvalue weighted by molar-refractivity contribution is 6.36. The van der Waals surface area contributed by atoms with Crippen LogP contribution < -0.4 is 5.32 Å². The van der Waals surface area contributed by atoms with E-state index in [1.165, 1.54) is 5.56 Å². The molecule has 0 saturated carbocycles. The molecule has 0 aliphatic carbocycles. The summed E-state index contributed by atoms with van der Waals surface area (Å²) < 4.78 is 0. The van der Waals surface area contributed by atoms with E-state index in [9.17, 15) is 9.59 Å². The fraction of sp³-hybridized carbons (Fsp3) is 0.125. The van der Waals surface area contributed by atoms with Gasteiger partial charge in [-0.3, -0.25) is 4.79 Å². The molecule has 2 aromatic carbocycles. The number of carboxylic acid groups (broad SMARTS) is 1. The van der Waals surface area contributed by atoms with Crippen molar-refractivity contribution >= 4 is 17.6 Å². The third kappa shape index (κ3) is 3.95. The number of benzene rings is 2. The molecular weight excluding hydrogens is 254 g/mol. The molecule has 0 radical (unpaired) electrons. The van der Waals surface area contributed by atoms with Crippen molar-refractivity contribution in [1.82, 2.24) is 0 Å². The van der Waals surface area contributed by atoms with Gasteiger partial charge < -0.3 is 10.4 Å². The second-order valence-corrected chi connectivity index (χ2v) is 4.44. The molecule has 0 heterocycles. The van der Waals surface area contributed by atoms with Gasteiger partial charge in [-0.05, 0) is 36.1 Å². The van der Waals surface area contributed by atoms with Crippen LogP contribution in [0.1, 0.15) is 11.1 Å². The Balaban J connectivity index is 1.91. The molecule has 2 rings (SSSR count). The van der Waals surface area contributed by atoms with Gasteiger partial charge in [-0.2, -0.15) is 0 Å². The van der Waals surface area contributed by atoms with Crippen molar-refractivity contribution in [2.24, 2.45) is 0 Å². The zero-order valence-corrected chi connectivity index (χ0v) is 10.9. The van der Waals surface area contributed by atoms with Crippen LogP contribution in [0.25, 0.3) is 0 Å². The van der Waals surface area contributed by atoms with E-state index in [-0.39, 0.29) is 0 Å². The van der Waals surface area contributed by atoms with Gasteiger partial charge in [-0.1, -0.05) is 42.5 Å². The van der Waals surface area contributed by atoms with E-state index in [0.717, 1.165) is 18.4 Å². The lowest BCUT2D eigenvalue weighted by Crippen LogP contribution is -2.21. The molecule has 0 aliphatic rings. The normalized spacial score (nSPS) is 10.0. The number of hydrogen-bond acceptors (Lipinski definition) is 2. The van der Waals surface area contributed by atoms with E-state index in [2.05, 4.69) is 17.4 Å². The number of hydrogen-bond donors (Lipinski definition) is 2. The van der Waals surface area contributed by atoms with Crippen molar-refractivity contribution in [3.8, 4) is 0 Å². The SMILES string of the molecule is O=C(O)C(=O)Nc1ccc(CCc2ccccc2)cc1. The average molecular weight is 269 g/mol. The molecule has 2 aromatic rings. The minimum atomic E-state index is -1.49. The number of anilines is 1. The lowest BCUT2D eigenvalue weighted by molar-refractivity contribution is -0.147. The Morgan fingerprint density at radius 2 is 1.40 bits per heavy atom. The Bertz CT molecular complexity index is 591. The molecule has 4 heteroatoms. The summed E-state index contributed by atoms with van der Waals surface area (Å²) in [5, 5.41) is 10.8. The van der Waals surface area contributed by atoms with Crippen molar-refractivity contribution in [2.75, 3.05) is 5.32 Å². The summed E-state index contributed by atoms with van der Waals surface area (Å²) in [6.07, 6.45) is 1.85. The Labute approximate surface area is 117 Å². The first-order valence-corrected chi connectivity index (χ1v) is 6.32. The summed E-state index contributed by atoms with van der Waals surface area (Å²) in [5.41, 5.74) is 2.90. The molecule has 2 N–H and O–H groups in total. The minimum Gasteiger partial charge on any atom is -0.474 e. The van der Waals surface area contributed by atoms with Crippen LogP contribution >= 0.6 is 0 Å². The summed E-state index contributed by atoms with van der Waals surface area (Å²) in [6, 6.07) is 17.4. The predicted molar refractivity (Wildman–Crippen MR) is 76.6 cm³/mol. The highest BCUT2D eigenvalue weighted by atomic mass is 16.4. The van der Waals surface area contributed by atoms with E-state index in [0.29, 0.717) is 5.69 Å². The van der Waals surface area contributed by atoms with Crippen LogP contribution in [0, 0.1) is 0 Å². The highest BCUT2D eigenvalue weighted by Gasteiger charge is 2.10. The van der Waals surface area contributed by atoms with Crippen LogP contribution in [0.3, 0.4) is 0 Å². The van der Waals surface area contributed by atoms with Crippen LogP contribution in [0.2, 0.25) is 0 Å². The van der Waals surface area contributed by atoms with Gasteiger partial charge in [-0.25, -0.2) is 4.79 Å². The largest absolute Gasteiger partial charge is 0.474 e. The van der Waals surface area contributed by atoms with Gasteiger partial charge in [-0.15, -0.1) is 0 Å². The maximum Gasteiger partial charge on any atom is 0.394 e. The average Bonchev–Trinajstić information content (AvgIpc) is 2.47. The van der Waals surface area contributed by atoms with Crippen molar-refractivity contribution in [3.05, 3.63) is 65.7 Å². The molecular formula is C16H15NO3. The molecule has 4 nitrogen and oxygen atoms in total. The Hall–Kier alpha value is -2.62. The predicted octanol–water partition coefficient (Wildman–Crippen LogP) is 2.49. The molecule has 20 heavy (non-hydrogen) atoms. The Morgan fingerprint density at radius 3 is 1.95 bits per heavy atom. The Kier molecular flexibility index (Phi) is 4.50. The maximum atomic E-state index is 11.0. The number of carbonyl (C=O) groups is 2. The monoisotopic (exact) mass is 269 g/mol. The van der Waals surface area contributed by atoms with Crippen molar-refractivity contribution < 1.29 is 14.7 Å². The van der Waals surface area contributed by atoms with Gasteiger partial charge in [0.25, 0.3) is 0 Å². The van der Waals surface area contributed by atoms with Gasteiger partial charge in [0.05, 0.1) is 0 Å². The number of carboxylic acids is 1. The highest BCUT2D eigenvalue weighted by Crippen LogP contribution is 2.12. The number of rotatable bonds is 4. The second-order valence-electron chi connectivity index (χ2n) is 4.44. The Morgan fingerprint density at radius 1 is 0.850 bits per heavy atom. The summed E-state index contributed by atoms with van der Waals surface area (Å²) in [4.78, 5) is 21.4. The van der Waals surface area contributed by atoms with Gasteiger partial charge in [0.15, 0.2) is 0 Å². The minimum absolute atomic E-state index is 0.487. The number of nitrogens with one attached hydrogen (secondary N) is 1. The fourth-order valence-electron chi connectivity index (χ4n) is 1.87. The molecule has 102 valence electrons. The third-order valence-corrected chi connectivity index (χ3v) is 2.95. The van der Waals surface area contributed by atoms with Crippen LogP contribution in [0.15, 0.2) is 54.6 Å². The molecule has 0 atom stereocenters. The van der Waals surface area contributed by atoms with E-state index in [1.807, 2.05) is 30.3 Å². The van der Waals surface area contributed by atoms with Gasteiger partial charge in [0, 0.05) is 5.69 Å². The smallest absolute Gasteiger partial charge is 0.394 e. The molecule has 0 bridgehead atoms. The first kappa shape index (κ1) is 13.8. The lowest BCUT2D eigenvalue weighted by Gasteiger charge is -2.05. The number of aryl methyl sites for hydroxylation is 2. The van der Waals surface area contributed by atoms with Crippen LogP contribution in [-0.4, -0.2) is 17.0 Å². The van der Waals surface area contributed by atoms with Crippen LogP contribution in [0.4, 0.5) is 5.69 Å². The van der Waals surface area contributed by atoms with E-state index < -0.39 is 11.9 Å². The molecule has 1 amide bonds. The molecule has 0 unspecified atom stereocenters. The fourth-order valence-corrected chi connectivity index (χ4v) is 1.87. The molecule has 0 spiro atoms. The zero-order valence-electron chi connectivity index (χ0n) is 10.9. The number of amides is 1. The van der Waals surface area contributed by atoms with Crippen molar-refractivity contribution in [1.29, 1.82) is 0 Å². The standard InChI is InChI=1S/C16H15NO3/c18-15(16(19)20)17-14-10-8-13(9-11-14)7-6-12-4-2-1-3-5-12/h1-5,8-11H,6-7H2,(H,17,18)(H,19,20). The molecule has 0 aliphatic heterocycles. The molecule has 0 saturated heterocycles. The van der Waals surface area contributed by atoms with E-state index >= 15 is 0 Å². The van der Waals surface area contributed by atoms with Crippen molar-refractivity contribution in [3.63, 3.8) is 0 Å². The summed E-state index contributed by atoms with van der Waals surface area (Å²) in [7, 11) is 0. The molecule has 0 aromatic heterocycles. The quantitative estimate of drug-likeness (QED) is 0.838. The lowest BCUT2D eigenvalue weighted by atomic mass is 10.0. The third-order valence-electron chi connectivity index (χ3n) is 2.95. The second kappa shape index (κ2) is 6.52. The van der Waals surface area contributed by atoms with E-state index in [1.54, 1.807) is 12.1 Å². The molecule has 0 fully saturated rings. The number of aliphatic carboxylic acids is 1. The maximum absolute atomic E-state index is 11.0. The number of carbonyl (C=O) groups excluding carboxylic acids is 1. The van der Waals surface area contributed by atoms with Crippen molar-refractivity contribution in [2.45, 2.75) is 12.8 Å². The first-order valence-electron chi connectivity index (χ1n) is 6.32.